The smallest absolute Gasteiger partial charge is 0.213 e. The van der Waals surface area contributed by atoms with E-state index in [2.05, 4.69) is 50.0 Å². The topological polar surface area (TPSA) is 76.4 Å². The van der Waals surface area contributed by atoms with Crippen molar-refractivity contribution in [3.63, 3.8) is 0 Å². The maximum atomic E-state index is 5.69. The van der Waals surface area contributed by atoms with Crippen LogP contribution in [0.15, 0.2) is 66.0 Å². The van der Waals surface area contributed by atoms with Gasteiger partial charge in [-0.3, -0.25) is 9.67 Å². The van der Waals surface area contributed by atoms with E-state index in [1.54, 1.807) is 13.2 Å². The Bertz CT molecular complexity index is 954. The van der Waals surface area contributed by atoms with Gasteiger partial charge in [0.25, 0.3) is 0 Å². The van der Waals surface area contributed by atoms with Gasteiger partial charge in [0.1, 0.15) is 0 Å². The first-order valence-electron chi connectivity index (χ1n) is 10.4. The second-order valence-corrected chi connectivity index (χ2v) is 7.51. The third-order valence-corrected chi connectivity index (χ3v) is 5.10. The zero-order valence-corrected chi connectivity index (χ0v) is 20.0. The van der Waals surface area contributed by atoms with Gasteiger partial charge in [-0.05, 0) is 41.5 Å². The predicted octanol–water partition coefficient (Wildman–Crippen LogP) is 3.60. The molecule has 1 fully saturated rings. The zero-order chi connectivity index (χ0) is 20.6. The van der Waals surface area contributed by atoms with Crippen LogP contribution in [0.1, 0.15) is 29.5 Å². The van der Waals surface area contributed by atoms with Crippen LogP contribution in [-0.2, 0) is 19.6 Å². The van der Waals surface area contributed by atoms with Crippen molar-refractivity contribution in [3.05, 3.63) is 77.7 Å². The lowest BCUT2D eigenvalue weighted by atomic mass is 10.1. The lowest BCUT2D eigenvalue weighted by Crippen LogP contribution is -2.36. The van der Waals surface area contributed by atoms with Crippen LogP contribution in [0.5, 0.6) is 5.88 Å². The van der Waals surface area contributed by atoms with Gasteiger partial charge >= 0.3 is 0 Å². The summed E-state index contributed by atoms with van der Waals surface area (Å²) in [6.07, 6.45) is 8.18. The number of hydrogen-bond acceptors (Lipinski definition) is 4. The normalized spacial score (nSPS) is 13.4. The third-order valence-electron chi connectivity index (χ3n) is 5.10. The van der Waals surface area contributed by atoms with Crippen LogP contribution in [0, 0.1) is 5.92 Å². The first-order chi connectivity index (χ1) is 14.8. The molecule has 8 heteroatoms. The van der Waals surface area contributed by atoms with E-state index in [9.17, 15) is 0 Å². The van der Waals surface area contributed by atoms with E-state index in [0.29, 0.717) is 19.0 Å². The number of aliphatic imine (C=N–C) groups is 1. The minimum absolute atomic E-state index is 0. The highest BCUT2D eigenvalue weighted by Gasteiger charge is 2.22. The minimum Gasteiger partial charge on any atom is -0.477 e. The van der Waals surface area contributed by atoms with Crippen LogP contribution < -0.4 is 15.4 Å². The fourth-order valence-corrected chi connectivity index (χ4v) is 3.13. The summed E-state index contributed by atoms with van der Waals surface area (Å²) in [6.45, 7) is 2.86. The Labute approximate surface area is 200 Å². The molecule has 0 amide bonds. The monoisotopic (exact) mass is 532 g/mol. The van der Waals surface area contributed by atoms with E-state index < -0.39 is 0 Å². The lowest BCUT2D eigenvalue weighted by Gasteiger charge is -2.14. The Morgan fingerprint density at radius 1 is 1.10 bits per heavy atom. The van der Waals surface area contributed by atoms with Crippen molar-refractivity contribution in [2.75, 3.05) is 13.7 Å². The van der Waals surface area contributed by atoms with Crippen LogP contribution in [0.2, 0.25) is 0 Å². The Hall–Kier alpha value is -2.62. The van der Waals surface area contributed by atoms with Crippen LogP contribution >= 0.6 is 24.0 Å². The van der Waals surface area contributed by atoms with E-state index in [1.807, 2.05) is 35.3 Å². The summed E-state index contributed by atoms with van der Waals surface area (Å²) in [5.74, 6) is 2.17. The Balaban J connectivity index is 0.00000272. The lowest BCUT2D eigenvalue weighted by molar-refractivity contribution is 0.288. The molecule has 0 unspecified atom stereocenters. The Morgan fingerprint density at radius 3 is 2.58 bits per heavy atom. The fraction of sp³-hybridized carbons (Fsp3) is 0.348. The van der Waals surface area contributed by atoms with Crippen molar-refractivity contribution in [1.29, 1.82) is 0 Å². The maximum absolute atomic E-state index is 5.69. The van der Waals surface area contributed by atoms with Crippen molar-refractivity contribution in [2.45, 2.75) is 32.5 Å². The molecule has 7 nitrogen and oxygen atoms in total. The van der Waals surface area contributed by atoms with Crippen molar-refractivity contribution >= 4 is 29.9 Å². The highest BCUT2D eigenvalue weighted by atomic mass is 127. The predicted molar refractivity (Wildman–Crippen MR) is 133 cm³/mol. The SMILES string of the molecule is CN=C(NCc1ccc(OCC2CC2)nc1)NCc1ccccc1Cn1cccn1.I. The first-order valence-corrected chi connectivity index (χ1v) is 10.4. The quantitative estimate of drug-likeness (QED) is 0.250. The molecule has 1 saturated carbocycles. The second-order valence-electron chi connectivity index (χ2n) is 7.51. The maximum Gasteiger partial charge on any atom is 0.213 e. The van der Waals surface area contributed by atoms with Gasteiger partial charge in [0.05, 0.1) is 13.2 Å². The number of pyridine rings is 1. The molecule has 1 aromatic carbocycles. The van der Waals surface area contributed by atoms with Gasteiger partial charge < -0.3 is 15.4 Å². The molecule has 4 rings (SSSR count). The number of hydrogen-bond donors (Lipinski definition) is 2. The molecule has 1 aliphatic carbocycles. The van der Waals surface area contributed by atoms with Gasteiger partial charge in [-0.25, -0.2) is 4.98 Å². The summed E-state index contributed by atoms with van der Waals surface area (Å²) < 4.78 is 7.62. The molecule has 164 valence electrons. The number of guanidine groups is 1. The minimum atomic E-state index is 0. The van der Waals surface area contributed by atoms with E-state index in [0.717, 1.165) is 30.6 Å². The second kappa shape index (κ2) is 11.7. The summed E-state index contributed by atoms with van der Waals surface area (Å²) in [5, 5.41) is 11.0. The molecule has 0 radical (unpaired) electrons. The molecule has 1 aliphatic rings. The molecule has 2 heterocycles. The molecule has 0 spiro atoms. The first kappa shape index (κ1) is 23.1. The molecule has 0 bridgehead atoms. The summed E-state index contributed by atoms with van der Waals surface area (Å²) >= 11 is 0. The number of nitrogens with one attached hydrogen (secondary N) is 2. The Morgan fingerprint density at radius 2 is 1.90 bits per heavy atom. The molecule has 0 saturated heterocycles. The van der Waals surface area contributed by atoms with Gasteiger partial charge in [0.2, 0.25) is 5.88 Å². The summed E-state index contributed by atoms with van der Waals surface area (Å²) in [5.41, 5.74) is 3.53. The van der Waals surface area contributed by atoms with Crippen molar-refractivity contribution in [2.24, 2.45) is 10.9 Å². The average molecular weight is 532 g/mol. The average Bonchev–Trinajstić information content (AvgIpc) is 3.48. The molecule has 3 aromatic rings. The van der Waals surface area contributed by atoms with Crippen LogP contribution in [-0.4, -0.2) is 34.4 Å². The van der Waals surface area contributed by atoms with Crippen molar-refractivity contribution < 1.29 is 4.74 Å². The van der Waals surface area contributed by atoms with Crippen LogP contribution in [0.3, 0.4) is 0 Å². The highest BCUT2D eigenvalue weighted by molar-refractivity contribution is 14.0. The van der Waals surface area contributed by atoms with E-state index in [4.69, 9.17) is 4.74 Å². The Kier molecular flexibility index (Phi) is 8.69. The molecule has 0 atom stereocenters. The van der Waals surface area contributed by atoms with E-state index in [1.165, 1.54) is 24.0 Å². The largest absolute Gasteiger partial charge is 0.477 e. The third kappa shape index (κ3) is 7.23. The summed E-state index contributed by atoms with van der Waals surface area (Å²) in [7, 11) is 1.78. The van der Waals surface area contributed by atoms with Gasteiger partial charge in [-0.2, -0.15) is 5.10 Å². The number of ether oxygens (including phenoxy) is 1. The molecular weight excluding hydrogens is 503 g/mol. The molecule has 0 aliphatic heterocycles. The van der Waals surface area contributed by atoms with Crippen molar-refractivity contribution in [1.82, 2.24) is 25.4 Å². The molecule has 31 heavy (non-hydrogen) atoms. The summed E-state index contributed by atoms with van der Waals surface area (Å²) in [6, 6.07) is 14.3. The highest BCUT2D eigenvalue weighted by Crippen LogP contribution is 2.29. The zero-order valence-electron chi connectivity index (χ0n) is 17.7. The van der Waals surface area contributed by atoms with Gasteiger partial charge in [-0.15, -0.1) is 24.0 Å². The van der Waals surface area contributed by atoms with E-state index >= 15 is 0 Å². The number of benzene rings is 1. The number of rotatable bonds is 9. The molecular formula is C23H29IN6O. The fourth-order valence-electron chi connectivity index (χ4n) is 3.13. The number of aromatic nitrogens is 3. The number of nitrogens with zero attached hydrogens (tertiary/aromatic N) is 4. The summed E-state index contributed by atoms with van der Waals surface area (Å²) in [4.78, 5) is 8.72. The van der Waals surface area contributed by atoms with Crippen LogP contribution in [0.4, 0.5) is 0 Å². The van der Waals surface area contributed by atoms with Crippen LogP contribution in [0.25, 0.3) is 0 Å². The molecule has 2 aromatic heterocycles. The van der Waals surface area contributed by atoms with Crippen molar-refractivity contribution in [3.8, 4) is 5.88 Å². The standard InChI is InChI=1S/C23H28N6O.HI/c1-24-23(26-14-19-9-10-22(25-13-19)30-17-18-7-8-18)27-15-20-5-2-3-6-21(20)16-29-12-4-11-28-29;/h2-6,9-13,18H,7-8,14-17H2,1H3,(H2,24,26,27);1H. The van der Waals surface area contributed by atoms with Gasteiger partial charge in [0.15, 0.2) is 5.96 Å². The van der Waals surface area contributed by atoms with Gasteiger partial charge in [-0.1, -0.05) is 30.3 Å². The van der Waals surface area contributed by atoms with E-state index in [-0.39, 0.29) is 24.0 Å². The molecule has 2 N–H and O–H groups in total. The van der Waals surface area contributed by atoms with Gasteiger partial charge in [0, 0.05) is 44.8 Å². The number of halogens is 1.